The van der Waals surface area contributed by atoms with Crippen LogP contribution < -0.4 is 10.6 Å². The molecule has 9 heteroatoms. The number of hydrogen-bond acceptors (Lipinski definition) is 6. The average Bonchev–Trinajstić information content (AvgIpc) is 3.15. The minimum absolute atomic E-state index is 0.0302. The third-order valence-electron chi connectivity index (χ3n) is 5.56. The van der Waals surface area contributed by atoms with E-state index >= 15 is 0 Å². The van der Waals surface area contributed by atoms with Crippen LogP contribution in [-0.4, -0.2) is 68.0 Å². The highest BCUT2D eigenvalue weighted by molar-refractivity contribution is 7.91. The molecule has 1 atom stereocenters. The molecule has 0 amide bonds. The number of nitrogens with one attached hydrogen (secondary N) is 2. The number of aliphatic imine (C=N–C) groups is 1. The van der Waals surface area contributed by atoms with E-state index in [4.69, 9.17) is 9.41 Å². The molecule has 0 bridgehead atoms. The lowest BCUT2D eigenvalue weighted by molar-refractivity contribution is 0.166. The van der Waals surface area contributed by atoms with Crippen LogP contribution >= 0.6 is 0 Å². The van der Waals surface area contributed by atoms with Crippen LogP contribution in [0.15, 0.2) is 9.41 Å². The molecule has 0 radical (unpaired) electrons. The van der Waals surface area contributed by atoms with Gasteiger partial charge in [-0.15, -0.1) is 0 Å². The van der Waals surface area contributed by atoms with E-state index in [9.17, 15) is 8.42 Å². The molecule has 28 heavy (non-hydrogen) atoms. The largest absolute Gasteiger partial charge is 0.444 e. The molecule has 2 fully saturated rings. The number of piperidine rings is 1. The summed E-state index contributed by atoms with van der Waals surface area (Å²) in [6.45, 7) is 10.3. The van der Waals surface area contributed by atoms with Crippen molar-refractivity contribution in [3.8, 4) is 0 Å². The number of rotatable bonds is 6. The van der Waals surface area contributed by atoms with Crippen LogP contribution in [0.5, 0.6) is 0 Å². The number of hydrogen-bond donors (Lipinski definition) is 2. The number of guanidine groups is 1. The van der Waals surface area contributed by atoms with Gasteiger partial charge in [0, 0.05) is 19.1 Å². The van der Waals surface area contributed by atoms with E-state index in [1.165, 1.54) is 0 Å². The SMILES string of the molecule is CCNC(=NCC1CCN(Cc2nc(C)c(C)o2)CC1)NC1CCS(=O)(=O)C1. The smallest absolute Gasteiger partial charge is 0.208 e. The van der Waals surface area contributed by atoms with Crippen LogP contribution in [0.2, 0.25) is 0 Å². The summed E-state index contributed by atoms with van der Waals surface area (Å²) in [6.07, 6.45) is 2.85. The van der Waals surface area contributed by atoms with Crippen LogP contribution in [-0.2, 0) is 16.4 Å². The van der Waals surface area contributed by atoms with Crippen molar-refractivity contribution in [1.82, 2.24) is 20.5 Å². The second-order valence-electron chi connectivity index (χ2n) is 7.93. The number of likely N-dealkylation sites (tertiary alicyclic amines) is 1. The van der Waals surface area contributed by atoms with Crippen molar-refractivity contribution in [3.63, 3.8) is 0 Å². The molecule has 8 nitrogen and oxygen atoms in total. The van der Waals surface area contributed by atoms with Crippen LogP contribution in [0.4, 0.5) is 0 Å². The van der Waals surface area contributed by atoms with E-state index in [-0.39, 0.29) is 17.5 Å². The molecule has 3 rings (SSSR count). The highest BCUT2D eigenvalue weighted by Gasteiger charge is 2.28. The number of sulfone groups is 1. The Morgan fingerprint density at radius 3 is 2.61 bits per heavy atom. The lowest BCUT2D eigenvalue weighted by atomic mass is 9.97. The Hall–Kier alpha value is -1.61. The van der Waals surface area contributed by atoms with Gasteiger partial charge in [-0.3, -0.25) is 9.89 Å². The molecule has 1 aromatic heterocycles. The van der Waals surface area contributed by atoms with Gasteiger partial charge in [0.15, 0.2) is 15.8 Å². The summed E-state index contributed by atoms with van der Waals surface area (Å²) < 4.78 is 29.0. The number of aromatic nitrogens is 1. The predicted molar refractivity (Wildman–Crippen MR) is 110 cm³/mol. The topological polar surface area (TPSA) is 99.8 Å². The van der Waals surface area contributed by atoms with Crippen LogP contribution in [0.1, 0.15) is 43.5 Å². The lowest BCUT2D eigenvalue weighted by Crippen LogP contribution is -2.44. The molecule has 2 N–H and O–H groups in total. The average molecular weight is 412 g/mol. The first kappa shape index (κ1) is 21.1. The maximum absolute atomic E-state index is 11.7. The normalized spacial score (nSPS) is 23.8. The second kappa shape index (κ2) is 9.26. The van der Waals surface area contributed by atoms with Crippen molar-refractivity contribution in [2.75, 3.05) is 37.7 Å². The maximum Gasteiger partial charge on any atom is 0.208 e. The Morgan fingerprint density at radius 2 is 2.04 bits per heavy atom. The van der Waals surface area contributed by atoms with Gasteiger partial charge in [0.2, 0.25) is 5.89 Å². The fourth-order valence-corrected chi connectivity index (χ4v) is 5.44. The number of oxazole rings is 1. The fraction of sp³-hybridized carbons (Fsp3) is 0.789. The molecule has 2 aliphatic heterocycles. The van der Waals surface area contributed by atoms with Gasteiger partial charge in [-0.1, -0.05) is 0 Å². The molecule has 158 valence electrons. The van der Waals surface area contributed by atoms with Crippen molar-refractivity contribution in [3.05, 3.63) is 17.3 Å². The Bertz CT molecular complexity index is 762. The molecule has 1 aromatic rings. The van der Waals surface area contributed by atoms with E-state index in [0.29, 0.717) is 12.3 Å². The Labute approximate surface area is 168 Å². The summed E-state index contributed by atoms with van der Waals surface area (Å²) in [7, 11) is -2.89. The Kier molecular flexibility index (Phi) is 6.98. The molecule has 0 aliphatic carbocycles. The van der Waals surface area contributed by atoms with Gasteiger partial charge >= 0.3 is 0 Å². The molecule has 1 unspecified atom stereocenters. The van der Waals surface area contributed by atoms with Crippen molar-refractivity contribution in [2.24, 2.45) is 10.9 Å². The molecular weight excluding hydrogens is 378 g/mol. The third kappa shape index (κ3) is 5.94. The standard InChI is InChI=1S/C19H33N5O3S/c1-4-20-19(23-17-7-10-28(25,26)13-17)21-11-16-5-8-24(9-6-16)12-18-22-14(2)15(3)27-18/h16-17H,4-13H2,1-3H3,(H2,20,21,23). The van der Waals surface area contributed by atoms with Gasteiger partial charge in [-0.2, -0.15) is 0 Å². The summed E-state index contributed by atoms with van der Waals surface area (Å²) in [5, 5.41) is 6.53. The molecule has 0 spiro atoms. The van der Waals surface area contributed by atoms with Crippen molar-refractivity contribution < 1.29 is 12.8 Å². The number of aryl methyl sites for hydroxylation is 2. The summed E-state index contributed by atoms with van der Waals surface area (Å²) >= 11 is 0. The summed E-state index contributed by atoms with van der Waals surface area (Å²) in [6, 6.07) is -0.0302. The van der Waals surface area contributed by atoms with Gasteiger partial charge in [-0.25, -0.2) is 13.4 Å². The first-order valence-corrected chi connectivity index (χ1v) is 12.1. The number of nitrogens with zero attached hydrogens (tertiary/aromatic N) is 3. The Balaban J connectivity index is 1.45. The summed E-state index contributed by atoms with van der Waals surface area (Å²) in [5.74, 6) is 3.46. The van der Waals surface area contributed by atoms with Gasteiger partial charge in [0.25, 0.3) is 0 Å². The van der Waals surface area contributed by atoms with Gasteiger partial charge < -0.3 is 15.1 Å². The van der Waals surface area contributed by atoms with Crippen molar-refractivity contribution in [2.45, 2.75) is 52.6 Å². The lowest BCUT2D eigenvalue weighted by Gasteiger charge is -2.30. The molecule has 2 aliphatic rings. The molecular formula is C19H33N5O3S. The second-order valence-corrected chi connectivity index (χ2v) is 10.2. The zero-order chi connectivity index (χ0) is 20.1. The quantitative estimate of drug-likeness (QED) is 0.537. The fourth-order valence-electron chi connectivity index (χ4n) is 3.77. The molecule has 2 saturated heterocycles. The molecule has 3 heterocycles. The van der Waals surface area contributed by atoms with E-state index in [1.807, 2.05) is 20.8 Å². The van der Waals surface area contributed by atoms with Crippen molar-refractivity contribution >= 4 is 15.8 Å². The van der Waals surface area contributed by atoms with E-state index in [0.717, 1.165) is 68.9 Å². The maximum atomic E-state index is 11.7. The minimum Gasteiger partial charge on any atom is -0.444 e. The monoisotopic (exact) mass is 411 g/mol. The zero-order valence-corrected chi connectivity index (χ0v) is 18.0. The molecule has 0 saturated carbocycles. The molecule has 0 aromatic carbocycles. The highest BCUT2D eigenvalue weighted by atomic mass is 32.2. The first-order chi connectivity index (χ1) is 13.3. The first-order valence-electron chi connectivity index (χ1n) is 10.2. The van der Waals surface area contributed by atoms with Gasteiger partial charge in [-0.05, 0) is 59.0 Å². The highest BCUT2D eigenvalue weighted by Crippen LogP contribution is 2.20. The van der Waals surface area contributed by atoms with E-state index in [1.54, 1.807) is 0 Å². The van der Waals surface area contributed by atoms with Crippen molar-refractivity contribution in [1.29, 1.82) is 0 Å². The summed E-state index contributed by atoms with van der Waals surface area (Å²) in [5.41, 5.74) is 0.970. The zero-order valence-electron chi connectivity index (χ0n) is 17.2. The van der Waals surface area contributed by atoms with Gasteiger partial charge in [0.1, 0.15) is 5.76 Å². The van der Waals surface area contributed by atoms with Crippen LogP contribution in [0, 0.1) is 19.8 Å². The van der Waals surface area contributed by atoms with Crippen LogP contribution in [0.25, 0.3) is 0 Å². The minimum atomic E-state index is -2.89. The predicted octanol–water partition coefficient (Wildman–Crippen LogP) is 1.25. The van der Waals surface area contributed by atoms with E-state index in [2.05, 4.69) is 20.5 Å². The van der Waals surface area contributed by atoms with Gasteiger partial charge in [0.05, 0.1) is 23.7 Å². The third-order valence-corrected chi connectivity index (χ3v) is 7.33. The van der Waals surface area contributed by atoms with E-state index < -0.39 is 9.84 Å². The van der Waals surface area contributed by atoms with Crippen LogP contribution in [0.3, 0.4) is 0 Å². The Morgan fingerprint density at radius 1 is 1.29 bits per heavy atom. The summed E-state index contributed by atoms with van der Waals surface area (Å²) in [4.78, 5) is 11.6.